The summed E-state index contributed by atoms with van der Waals surface area (Å²) in [6, 6.07) is 23.6. The Morgan fingerprint density at radius 3 is 2.08 bits per heavy atom. The van der Waals surface area contributed by atoms with Crippen LogP contribution in [-0.2, 0) is 4.74 Å². The number of nitrogens with zero attached hydrogens (tertiary/aromatic N) is 1. The van der Waals surface area contributed by atoms with Crippen LogP contribution in [0.3, 0.4) is 0 Å². The minimum absolute atomic E-state index is 0.385. The number of hydrogen-bond donors (Lipinski definition) is 0. The van der Waals surface area contributed by atoms with Gasteiger partial charge in [0.25, 0.3) is 0 Å². The number of ether oxygens (including phenoxy) is 1. The van der Waals surface area contributed by atoms with Gasteiger partial charge in [-0.3, -0.25) is 0 Å². The monoisotopic (exact) mass is 319 g/mol. The Bertz CT molecular complexity index is 850. The fourth-order valence-electron chi connectivity index (χ4n) is 2.56. The molecule has 0 bridgehead atoms. The van der Waals surface area contributed by atoms with Crippen molar-refractivity contribution in [3.05, 3.63) is 72.8 Å². The van der Waals surface area contributed by atoms with Crippen LogP contribution in [0.15, 0.2) is 72.8 Å². The van der Waals surface area contributed by atoms with Crippen molar-refractivity contribution in [2.75, 3.05) is 4.90 Å². The van der Waals surface area contributed by atoms with Gasteiger partial charge in [-0.15, -0.1) is 0 Å². The first kappa shape index (κ1) is 16.1. The van der Waals surface area contributed by atoms with Crippen LogP contribution < -0.4 is 4.90 Å². The Balaban J connectivity index is 2.07. The van der Waals surface area contributed by atoms with Gasteiger partial charge in [0.15, 0.2) is 0 Å². The summed E-state index contributed by atoms with van der Waals surface area (Å²) in [5.41, 5.74) is 1.01. The van der Waals surface area contributed by atoms with Crippen LogP contribution in [-0.4, -0.2) is 11.7 Å². The van der Waals surface area contributed by atoms with Crippen molar-refractivity contribution in [1.29, 1.82) is 0 Å². The van der Waals surface area contributed by atoms with E-state index in [0.717, 1.165) is 22.1 Å². The van der Waals surface area contributed by atoms with Crippen LogP contribution in [0.5, 0.6) is 0 Å². The zero-order valence-corrected chi connectivity index (χ0v) is 14.2. The molecule has 0 aliphatic heterocycles. The zero-order chi connectivity index (χ0) is 17.2. The molecule has 0 saturated heterocycles. The first-order valence-corrected chi connectivity index (χ1v) is 8.01. The number of fused-ring (bicyclic) bond motifs is 1. The van der Waals surface area contributed by atoms with E-state index in [4.69, 9.17) is 4.74 Å². The highest BCUT2D eigenvalue weighted by atomic mass is 16.6. The summed E-state index contributed by atoms with van der Waals surface area (Å²) in [7, 11) is 0. The fraction of sp³-hybridized carbons (Fsp3) is 0.190. The number of para-hydroxylation sites is 1. The van der Waals surface area contributed by atoms with Crippen molar-refractivity contribution in [2.45, 2.75) is 26.4 Å². The van der Waals surface area contributed by atoms with Gasteiger partial charge in [0.1, 0.15) is 5.60 Å². The molecule has 3 aromatic carbocycles. The second kappa shape index (κ2) is 6.36. The predicted octanol–water partition coefficient (Wildman–Crippen LogP) is 5.91. The predicted molar refractivity (Wildman–Crippen MR) is 98.8 cm³/mol. The number of benzene rings is 3. The second-order valence-corrected chi connectivity index (χ2v) is 6.68. The third-order valence-corrected chi connectivity index (χ3v) is 3.58. The van der Waals surface area contributed by atoms with Gasteiger partial charge in [-0.1, -0.05) is 48.5 Å². The maximum absolute atomic E-state index is 12.8. The van der Waals surface area contributed by atoms with Gasteiger partial charge in [0.2, 0.25) is 0 Å². The molecule has 0 atom stereocenters. The van der Waals surface area contributed by atoms with Crippen molar-refractivity contribution in [3.8, 4) is 0 Å². The lowest BCUT2D eigenvalue weighted by Gasteiger charge is -2.27. The van der Waals surface area contributed by atoms with E-state index in [0.29, 0.717) is 0 Å². The summed E-state index contributed by atoms with van der Waals surface area (Å²) in [4.78, 5) is 14.4. The van der Waals surface area contributed by atoms with E-state index in [9.17, 15) is 4.79 Å². The van der Waals surface area contributed by atoms with Crippen molar-refractivity contribution in [2.24, 2.45) is 0 Å². The molecule has 3 rings (SSSR count). The Labute approximate surface area is 142 Å². The summed E-state index contributed by atoms with van der Waals surface area (Å²) >= 11 is 0. The normalized spacial score (nSPS) is 11.3. The average Bonchev–Trinajstić information content (AvgIpc) is 2.54. The average molecular weight is 319 g/mol. The summed E-state index contributed by atoms with van der Waals surface area (Å²) in [6.07, 6.45) is -0.385. The fourth-order valence-corrected chi connectivity index (χ4v) is 2.56. The molecule has 0 saturated carbocycles. The highest BCUT2D eigenvalue weighted by molar-refractivity contribution is 5.98. The van der Waals surface area contributed by atoms with E-state index in [-0.39, 0.29) is 6.09 Å². The number of amides is 1. The first-order chi connectivity index (χ1) is 11.4. The zero-order valence-electron chi connectivity index (χ0n) is 14.2. The molecule has 0 aliphatic carbocycles. The number of anilines is 2. The largest absolute Gasteiger partial charge is 0.443 e. The van der Waals surface area contributed by atoms with E-state index in [1.807, 2.05) is 87.5 Å². The number of carbonyl (C=O) groups excluding carboxylic acids is 1. The molecule has 0 N–H and O–H groups in total. The molecule has 24 heavy (non-hydrogen) atoms. The molecular formula is C21H21NO2. The molecule has 0 spiro atoms. The molecule has 122 valence electrons. The topological polar surface area (TPSA) is 29.5 Å². The summed E-state index contributed by atoms with van der Waals surface area (Å²) < 4.78 is 5.61. The number of rotatable bonds is 2. The van der Waals surface area contributed by atoms with Gasteiger partial charge in [-0.25, -0.2) is 9.69 Å². The van der Waals surface area contributed by atoms with Crippen molar-refractivity contribution < 1.29 is 9.53 Å². The third-order valence-electron chi connectivity index (χ3n) is 3.58. The van der Waals surface area contributed by atoms with Crippen molar-refractivity contribution >= 4 is 28.2 Å². The highest BCUT2D eigenvalue weighted by Gasteiger charge is 2.24. The molecule has 3 heteroatoms. The van der Waals surface area contributed by atoms with E-state index >= 15 is 0 Å². The molecule has 0 aliphatic rings. The van der Waals surface area contributed by atoms with Crippen LogP contribution in [0.2, 0.25) is 0 Å². The van der Waals surface area contributed by atoms with Gasteiger partial charge in [-0.2, -0.15) is 0 Å². The SMILES string of the molecule is CC(C)(C)OC(=O)N(c1ccccc1)c1ccc2ccccc2c1. The van der Waals surface area contributed by atoms with Gasteiger partial charge >= 0.3 is 6.09 Å². The second-order valence-electron chi connectivity index (χ2n) is 6.68. The molecular weight excluding hydrogens is 298 g/mol. The first-order valence-electron chi connectivity index (χ1n) is 8.01. The van der Waals surface area contributed by atoms with Crippen LogP contribution in [0.1, 0.15) is 20.8 Å². The lowest BCUT2D eigenvalue weighted by atomic mass is 10.1. The van der Waals surface area contributed by atoms with Crippen molar-refractivity contribution in [1.82, 2.24) is 0 Å². The van der Waals surface area contributed by atoms with Crippen LogP contribution in [0, 0.1) is 0 Å². The molecule has 3 aromatic rings. The van der Waals surface area contributed by atoms with Crippen molar-refractivity contribution in [3.63, 3.8) is 0 Å². The molecule has 0 heterocycles. The molecule has 0 fully saturated rings. The Morgan fingerprint density at radius 1 is 0.792 bits per heavy atom. The van der Waals surface area contributed by atoms with Gasteiger partial charge in [-0.05, 0) is 55.8 Å². The summed E-state index contributed by atoms with van der Waals surface area (Å²) in [6.45, 7) is 5.61. The molecule has 0 aromatic heterocycles. The van der Waals surface area contributed by atoms with Crippen LogP contribution >= 0.6 is 0 Å². The van der Waals surface area contributed by atoms with Gasteiger partial charge < -0.3 is 4.74 Å². The van der Waals surface area contributed by atoms with E-state index in [1.165, 1.54) is 0 Å². The Morgan fingerprint density at radius 2 is 1.42 bits per heavy atom. The molecule has 3 nitrogen and oxygen atoms in total. The lowest BCUT2D eigenvalue weighted by molar-refractivity contribution is 0.0599. The lowest BCUT2D eigenvalue weighted by Crippen LogP contribution is -2.33. The number of carbonyl (C=O) groups is 1. The standard InChI is InChI=1S/C21H21NO2/c1-21(2,3)24-20(23)22(18-11-5-4-6-12-18)19-14-13-16-9-7-8-10-17(16)15-19/h4-15H,1-3H3. The minimum atomic E-state index is -0.555. The Hall–Kier alpha value is -2.81. The third kappa shape index (κ3) is 3.57. The minimum Gasteiger partial charge on any atom is -0.443 e. The summed E-state index contributed by atoms with van der Waals surface area (Å²) in [5.74, 6) is 0. The molecule has 0 radical (unpaired) electrons. The highest BCUT2D eigenvalue weighted by Crippen LogP contribution is 2.30. The van der Waals surface area contributed by atoms with Crippen LogP contribution in [0.4, 0.5) is 16.2 Å². The van der Waals surface area contributed by atoms with E-state index in [2.05, 4.69) is 6.07 Å². The van der Waals surface area contributed by atoms with Crippen LogP contribution in [0.25, 0.3) is 10.8 Å². The van der Waals surface area contributed by atoms with Gasteiger partial charge in [0.05, 0.1) is 11.4 Å². The number of hydrogen-bond acceptors (Lipinski definition) is 2. The van der Waals surface area contributed by atoms with E-state index < -0.39 is 5.60 Å². The quantitative estimate of drug-likeness (QED) is 0.587. The maximum Gasteiger partial charge on any atom is 0.419 e. The molecule has 0 unspecified atom stereocenters. The Kier molecular flexibility index (Phi) is 4.26. The molecule has 1 amide bonds. The van der Waals surface area contributed by atoms with Gasteiger partial charge in [0, 0.05) is 0 Å². The summed E-state index contributed by atoms with van der Waals surface area (Å²) in [5, 5.41) is 2.22. The van der Waals surface area contributed by atoms with E-state index in [1.54, 1.807) is 4.90 Å². The smallest absolute Gasteiger partial charge is 0.419 e. The maximum atomic E-state index is 12.8.